The molecule has 0 bridgehead atoms. The summed E-state index contributed by atoms with van der Waals surface area (Å²) in [5.41, 5.74) is 6.93. The van der Waals surface area contributed by atoms with Gasteiger partial charge >= 0.3 is 0 Å². The Morgan fingerprint density at radius 1 is 1.40 bits per heavy atom. The Kier molecular flexibility index (Phi) is 3.80. The molecule has 1 atom stereocenters. The van der Waals surface area contributed by atoms with Gasteiger partial charge in [0.25, 0.3) is 11.6 Å². The lowest BCUT2D eigenvalue weighted by molar-refractivity contribution is -0.384. The highest BCUT2D eigenvalue weighted by atomic mass is 16.6. The van der Waals surface area contributed by atoms with E-state index in [0.717, 1.165) is 0 Å². The Bertz CT molecular complexity index is 636. The van der Waals surface area contributed by atoms with Crippen LogP contribution in [-0.2, 0) is 0 Å². The smallest absolute Gasteiger partial charge is 0.282 e. The van der Waals surface area contributed by atoms with Gasteiger partial charge in [-0.3, -0.25) is 10.1 Å². The van der Waals surface area contributed by atoms with Crippen LogP contribution in [0.15, 0.2) is 22.7 Å². The van der Waals surface area contributed by atoms with Gasteiger partial charge in [-0.2, -0.15) is 4.98 Å². The summed E-state index contributed by atoms with van der Waals surface area (Å²) in [4.78, 5) is 14.8. The van der Waals surface area contributed by atoms with Gasteiger partial charge < -0.3 is 10.3 Å². The summed E-state index contributed by atoms with van der Waals surface area (Å²) >= 11 is 0. The van der Waals surface area contributed by atoms with Gasteiger partial charge in [0.05, 0.1) is 11.0 Å². The van der Waals surface area contributed by atoms with Crippen LogP contribution in [0.2, 0.25) is 0 Å². The van der Waals surface area contributed by atoms with Crippen LogP contribution in [-0.4, -0.2) is 15.1 Å². The molecular formula is C13H16N4O3. The lowest BCUT2D eigenvalue weighted by atomic mass is 10.0. The molecule has 1 heterocycles. The summed E-state index contributed by atoms with van der Waals surface area (Å²) in [5, 5.41) is 14.9. The van der Waals surface area contributed by atoms with Gasteiger partial charge in [0.1, 0.15) is 5.56 Å². The van der Waals surface area contributed by atoms with E-state index in [1.54, 1.807) is 19.1 Å². The molecule has 7 nitrogen and oxygen atoms in total. The van der Waals surface area contributed by atoms with Crippen molar-refractivity contribution in [2.75, 3.05) is 0 Å². The van der Waals surface area contributed by atoms with Crippen LogP contribution in [0.5, 0.6) is 0 Å². The third-order valence-corrected chi connectivity index (χ3v) is 3.12. The lowest BCUT2D eigenvalue weighted by Gasteiger charge is -2.09. The summed E-state index contributed by atoms with van der Waals surface area (Å²) in [7, 11) is 0. The van der Waals surface area contributed by atoms with E-state index < -0.39 is 4.92 Å². The molecule has 20 heavy (non-hydrogen) atoms. The molecule has 1 unspecified atom stereocenters. The molecule has 7 heteroatoms. The average molecular weight is 276 g/mol. The minimum absolute atomic E-state index is 0.0571. The maximum Gasteiger partial charge on any atom is 0.282 e. The fourth-order valence-corrected chi connectivity index (χ4v) is 1.85. The topological polar surface area (TPSA) is 108 Å². The Hall–Kier alpha value is -2.28. The molecule has 0 aliphatic heterocycles. The van der Waals surface area contributed by atoms with Gasteiger partial charge in [0.2, 0.25) is 0 Å². The van der Waals surface area contributed by atoms with E-state index >= 15 is 0 Å². The van der Waals surface area contributed by atoms with E-state index in [-0.39, 0.29) is 23.5 Å². The largest absolute Gasteiger partial charge is 0.334 e. The molecule has 1 aromatic carbocycles. The number of aromatic nitrogens is 2. The van der Waals surface area contributed by atoms with Crippen LogP contribution in [0.3, 0.4) is 0 Å². The maximum atomic E-state index is 11.1. The predicted molar refractivity (Wildman–Crippen MR) is 72.9 cm³/mol. The van der Waals surface area contributed by atoms with E-state index in [1.807, 2.05) is 13.8 Å². The molecular weight excluding hydrogens is 260 g/mol. The van der Waals surface area contributed by atoms with Crippen LogP contribution in [0.4, 0.5) is 5.69 Å². The second kappa shape index (κ2) is 5.38. The molecule has 0 fully saturated rings. The van der Waals surface area contributed by atoms with Gasteiger partial charge in [0, 0.05) is 6.07 Å². The molecule has 0 aliphatic rings. The van der Waals surface area contributed by atoms with Crippen molar-refractivity contribution in [1.82, 2.24) is 10.1 Å². The highest BCUT2D eigenvalue weighted by molar-refractivity contribution is 5.70. The lowest BCUT2D eigenvalue weighted by Crippen LogP contribution is -2.18. The number of nitrogens with two attached hydrogens (primary N) is 1. The molecule has 0 spiro atoms. The van der Waals surface area contributed by atoms with Gasteiger partial charge in [-0.15, -0.1) is 0 Å². The molecule has 1 aromatic heterocycles. The van der Waals surface area contributed by atoms with Crippen LogP contribution in [0.25, 0.3) is 11.5 Å². The molecule has 0 aliphatic carbocycles. The summed E-state index contributed by atoms with van der Waals surface area (Å²) < 4.78 is 5.15. The number of hydrogen-bond donors (Lipinski definition) is 1. The van der Waals surface area contributed by atoms with Crippen molar-refractivity contribution in [3.8, 4) is 11.5 Å². The highest BCUT2D eigenvalue weighted by Crippen LogP contribution is 2.32. The fraction of sp³-hybridized carbons (Fsp3) is 0.385. The van der Waals surface area contributed by atoms with Crippen molar-refractivity contribution in [2.24, 2.45) is 11.7 Å². The summed E-state index contributed by atoms with van der Waals surface area (Å²) in [5.74, 6) is 0.626. The maximum absolute atomic E-state index is 11.1. The zero-order valence-corrected chi connectivity index (χ0v) is 11.5. The average Bonchev–Trinajstić information content (AvgIpc) is 2.86. The molecule has 0 amide bonds. The molecule has 0 radical (unpaired) electrons. The normalized spacial score (nSPS) is 12.7. The number of hydrogen-bond acceptors (Lipinski definition) is 6. The Morgan fingerprint density at radius 3 is 2.70 bits per heavy atom. The minimum Gasteiger partial charge on any atom is -0.334 e. The van der Waals surface area contributed by atoms with Crippen molar-refractivity contribution in [3.05, 3.63) is 39.7 Å². The first kappa shape index (κ1) is 14.1. The van der Waals surface area contributed by atoms with Crippen LogP contribution in [0.1, 0.15) is 31.3 Å². The number of aryl methyl sites for hydroxylation is 1. The number of benzene rings is 1. The number of nitro benzene ring substituents is 1. The predicted octanol–water partition coefficient (Wildman–Crippen LogP) is 2.61. The minimum atomic E-state index is -0.464. The second-order valence-corrected chi connectivity index (χ2v) is 4.95. The van der Waals surface area contributed by atoms with E-state index in [1.165, 1.54) is 6.07 Å². The molecule has 0 saturated carbocycles. The van der Waals surface area contributed by atoms with E-state index in [2.05, 4.69) is 10.1 Å². The van der Waals surface area contributed by atoms with Gasteiger partial charge in [-0.1, -0.05) is 31.1 Å². The zero-order valence-electron chi connectivity index (χ0n) is 11.5. The number of rotatable bonds is 4. The van der Waals surface area contributed by atoms with E-state index in [0.29, 0.717) is 17.0 Å². The number of nitro groups is 1. The first-order chi connectivity index (χ1) is 9.41. The van der Waals surface area contributed by atoms with Gasteiger partial charge in [-0.25, -0.2) is 0 Å². The molecule has 106 valence electrons. The van der Waals surface area contributed by atoms with Crippen molar-refractivity contribution in [3.63, 3.8) is 0 Å². The quantitative estimate of drug-likeness (QED) is 0.679. The van der Waals surface area contributed by atoms with Crippen molar-refractivity contribution in [2.45, 2.75) is 26.8 Å². The zero-order chi connectivity index (χ0) is 14.9. The summed E-state index contributed by atoms with van der Waals surface area (Å²) in [6.45, 7) is 5.64. The third-order valence-electron chi connectivity index (χ3n) is 3.12. The van der Waals surface area contributed by atoms with E-state index in [9.17, 15) is 10.1 Å². The highest BCUT2D eigenvalue weighted by Gasteiger charge is 2.24. The SMILES string of the molecule is Cc1cccc([N+](=O)[O-])c1-c1nc(C(N)C(C)C)no1. The monoisotopic (exact) mass is 276 g/mol. The standard InChI is InChI=1S/C13H16N4O3/c1-7(2)11(14)12-15-13(20-16-12)10-8(3)5-4-6-9(10)17(18)19/h4-7,11H,14H2,1-3H3. The fourth-order valence-electron chi connectivity index (χ4n) is 1.85. The van der Waals surface area contributed by atoms with Crippen molar-refractivity contribution in [1.29, 1.82) is 0 Å². The van der Waals surface area contributed by atoms with E-state index in [4.69, 9.17) is 10.3 Å². The van der Waals surface area contributed by atoms with Gasteiger partial charge in [0.15, 0.2) is 5.82 Å². The van der Waals surface area contributed by atoms with Crippen LogP contribution >= 0.6 is 0 Å². The molecule has 2 aromatic rings. The Labute approximate surface area is 115 Å². The first-order valence-corrected chi connectivity index (χ1v) is 6.25. The molecule has 2 rings (SSSR count). The molecule has 0 saturated heterocycles. The summed E-state index contributed by atoms with van der Waals surface area (Å²) in [6.07, 6.45) is 0. The second-order valence-electron chi connectivity index (χ2n) is 4.95. The summed E-state index contributed by atoms with van der Waals surface area (Å²) in [6, 6.07) is 4.42. The molecule has 2 N–H and O–H groups in total. The van der Waals surface area contributed by atoms with Gasteiger partial charge in [-0.05, 0) is 18.4 Å². The Morgan fingerprint density at radius 2 is 2.10 bits per heavy atom. The van der Waals surface area contributed by atoms with Crippen molar-refractivity contribution < 1.29 is 9.45 Å². The van der Waals surface area contributed by atoms with Crippen LogP contribution in [0, 0.1) is 23.0 Å². The first-order valence-electron chi connectivity index (χ1n) is 6.25. The van der Waals surface area contributed by atoms with Crippen molar-refractivity contribution >= 4 is 5.69 Å². The Balaban J connectivity index is 2.50. The third kappa shape index (κ3) is 2.53. The number of nitrogens with zero attached hydrogens (tertiary/aromatic N) is 3. The van der Waals surface area contributed by atoms with Crippen LogP contribution < -0.4 is 5.73 Å².